The van der Waals surface area contributed by atoms with Gasteiger partial charge in [0.1, 0.15) is 17.0 Å². The first-order chi connectivity index (χ1) is 13.8. The van der Waals surface area contributed by atoms with E-state index in [0.717, 1.165) is 25.7 Å². The number of nitriles is 1. The summed E-state index contributed by atoms with van der Waals surface area (Å²) >= 11 is 0. The molecule has 0 saturated heterocycles. The van der Waals surface area contributed by atoms with E-state index in [9.17, 15) is 15.2 Å². The molecule has 2 aromatic rings. The lowest BCUT2D eigenvalue weighted by atomic mass is 9.72. The Morgan fingerprint density at radius 3 is 2.72 bits per heavy atom. The number of benzene rings is 1. The fraction of sp³-hybridized carbons (Fsp3) is 0.500. The van der Waals surface area contributed by atoms with Crippen molar-refractivity contribution >= 4 is 0 Å². The zero-order valence-corrected chi connectivity index (χ0v) is 17.1. The van der Waals surface area contributed by atoms with Crippen LogP contribution in [0.25, 0.3) is 0 Å². The largest absolute Gasteiger partial charge is 0.484 e. The number of hydrogen-bond acceptors (Lipinski definition) is 6. The van der Waals surface area contributed by atoms with Gasteiger partial charge in [-0.15, -0.1) is 5.10 Å². The molecule has 1 aromatic heterocycles. The molecule has 1 aromatic carbocycles. The summed E-state index contributed by atoms with van der Waals surface area (Å²) in [6, 6.07) is 9.99. The smallest absolute Gasteiger partial charge is 0.264 e. The van der Waals surface area contributed by atoms with Gasteiger partial charge in [-0.2, -0.15) is 5.26 Å². The number of hydrogen-bond donors (Lipinski definition) is 2. The Kier molecular flexibility index (Phi) is 5.94. The van der Waals surface area contributed by atoms with Crippen molar-refractivity contribution in [1.82, 2.24) is 10.2 Å². The van der Waals surface area contributed by atoms with Crippen LogP contribution in [0.3, 0.4) is 0 Å². The van der Waals surface area contributed by atoms with E-state index in [1.165, 1.54) is 12.1 Å². The molecule has 2 N–H and O–H groups in total. The van der Waals surface area contributed by atoms with Crippen molar-refractivity contribution < 1.29 is 14.6 Å². The number of nitrogens with zero attached hydrogens (tertiary/aromatic N) is 2. The molecule has 0 saturated carbocycles. The molecule has 0 spiro atoms. The third kappa shape index (κ3) is 4.13. The van der Waals surface area contributed by atoms with E-state index in [0.29, 0.717) is 23.3 Å². The fourth-order valence-corrected chi connectivity index (χ4v) is 3.78. The van der Waals surface area contributed by atoms with Gasteiger partial charge in [0.2, 0.25) is 5.88 Å². The molecule has 0 amide bonds. The summed E-state index contributed by atoms with van der Waals surface area (Å²) in [4.78, 5) is 11.4. The number of aromatic nitrogens is 2. The van der Waals surface area contributed by atoms with Crippen LogP contribution < -0.4 is 15.0 Å². The Bertz CT molecular complexity index is 943. The summed E-state index contributed by atoms with van der Waals surface area (Å²) < 4.78 is 12.3. The van der Waals surface area contributed by atoms with E-state index >= 15 is 0 Å². The normalized spacial score (nSPS) is 22.2. The third-order valence-corrected chi connectivity index (χ3v) is 5.57. The quantitative estimate of drug-likeness (QED) is 0.691. The molecule has 2 heterocycles. The van der Waals surface area contributed by atoms with Crippen LogP contribution in [0.4, 0.5) is 0 Å². The lowest BCUT2D eigenvalue weighted by molar-refractivity contribution is -0.190. The highest BCUT2D eigenvalue weighted by molar-refractivity contribution is 5.47. The van der Waals surface area contributed by atoms with Gasteiger partial charge < -0.3 is 14.6 Å². The number of fused-ring (bicyclic) bond motifs is 1. The average Bonchev–Trinajstić information content (AvgIpc) is 2.70. The van der Waals surface area contributed by atoms with Crippen molar-refractivity contribution in [3.8, 4) is 17.7 Å². The number of nitrogens with one attached hydrogen (secondary N) is 1. The monoisotopic (exact) mass is 397 g/mol. The van der Waals surface area contributed by atoms with Gasteiger partial charge in [-0.3, -0.25) is 4.79 Å². The molecular weight excluding hydrogens is 370 g/mol. The standard InChI is InChI=1S/C22H27N3O4/c1-4-5-6-7-12-22(27)20(28-19-11-10-18(26)24-25-19)16-13-15(14-23)8-9-17(16)29-21(22,2)3/h8-11,13,20,27H,4-7,12H2,1-3H3,(H,24,26). The maximum absolute atomic E-state index is 11.9. The van der Waals surface area contributed by atoms with E-state index in [1.54, 1.807) is 18.2 Å². The Hall–Kier alpha value is -2.85. The van der Waals surface area contributed by atoms with Crippen LogP contribution in [0.1, 0.15) is 70.1 Å². The van der Waals surface area contributed by atoms with Crippen LogP contribution in [-0.4, -0.2) is 26.5 Å². The molecule has 7 nitrogen and oxygen atoms in total. The molecule has 7 heteroatoms. The molecular formula is C22H27N3O4. The summed E-state index contributed by atoms with van der Waals surface area (Å²) in [5.74, 6) is 0.745. The molecule has 1 aliphatic heterocycles. The first-order valence-corrected chi connectivity index (χ1v) is 9.98. The third-order valence-electron chi connectivity index (χ3n) is 5.57. The van der Waals surface area contributed by atoms with Crippen LogP contribution in [0.2, 0.25) is 0 Å². The molecule has 0 bridgehead atoms. The number of aliphatic hydroxyl groups is 1. The second-order valence-electron chi connectivity index (χ2n) is 7.97. The van der Waals surface area contributed by atoms with E-state index in [2.05, 4.69) is 23.2 Å². The first kappa shape index (κ1) is 20.9. The summed E-state index contributed by atoms with van der Waals surface area (Å²) in [5.41, 5.74) is -1.60. The van der Waals surface area contributed by atoms with Gasteiger partial charge in [0, 0.05) is 17.7 Å². The maximum atomic E-state index is 11.9. The SMILES string of the molecule is CCCCCCC1(O)C(Oc2ccc(=O)[nH]n2)c2cc(C#N)ccc2OC1(C)C. The lowest BCUT2D eigenvalue weighted by Crippen LogP contribution is -2.61. The van der Waals surface area contributed by atoms with Gasteiger partial charge in [-0.1, -0.05) is 32.6 Å². The van der Waals surface area contributed by atoms with Gasteiger partial charge in [0.05, 0.1) is 11.6 Å². The average molecular weight is 397 g/mol. The zero-order chi connectivity index (χ0) is 21.1. The number of ether oxygens (including phenoxy) is 2. The van der Waals surface area contributed by atoms with Crippen molar-refractivity contribution in [3.05, 3.63) is 51.8 Å². The van der Waals surface area contributed by atoms with Crippen LogP contribution in [0, 0.1) is 11.3 Å². The second-order valence-corrected chi connectivity index (χ2v) is 7.97. The number of unbranched alkanes of at least 4 members (excludes halogenated alkanes) is 3. The molecule has 0 radical (unpaired) electrons. The van der Waals surface area contributed by atoms with Gasteiger partial charge in [-0.05, 0) is 38.5 Å². The van der Waals surface area contributed by atoms with Gasteiger partial charge in [0.15, 0.2) is 6.10 Å². The highest BCUT2D eigenvalue weighted by Gasteiger charge is 2.57. The van der Waals surface area contributed by atoms with Gasteiger partial charge in [0.25, 0.3) is 5.56 Å². The Morgan fingerprint density at radius 1 is 1.28 bits per heavy atom. The minimum absolute atomic E-state index is 0.188. The van der Waals surface area contributed by atoms with Crippen molar-refractivity contribution in [2.75, 3.05) is 0 Å². The van der Waals surface area contributed by atoms with E-state index in [1.807, 2.05) is 13.8 Å². The molecule has 0 aliphatic carbocycles. The topological polar surface area (TPSA) is 108 Å². The number of rotatable bonds is 7. The van der Waals surface area contributed by atoms with E-state index in [-0.39, 0.29) is 11.4 Å². The van der Waals surface area contributed by atoms with Gasteiger partial charge in [-0.25, -0.2) is 5.10 Å². The molecule has 154 valence electrons. The highest BCUT2D eigenvalue weighted by atomic mass is 16.6. The van der Waals surface area contributed by atoms with Crippen LogP contribution in [-0.2, 0) is 0 Å². The fourth-order valence-electron chi connectivity index (χ4n) is 3.78. The van der Waals surface area contributed by atoms with Crippen molar-refractivity contribution in [1.29, 1.82) is 5.26 Å². The second kappa shape index (κ2) is 8.26. The first-order valence-electron chi connectivity index (χ1n) is 9.98. The zero-order valence-electron chi connectivity index (χ0n) is 17.1. The summed E-state index contributed by atoms with van der Waals surface area (Å²) in [7, 11) is 0. The molecule has 29 heavy (non-hydrogen) atoms. The Balaban J connectivity index is 2.05. The molecule has 3 rings (SSSR count). The molecule has 2 atom stereocenters. The van der Waals surface area contributed by atoms with Crippen molar-refractivity contribution in [2.24, 2.45) is 0 Å². The Labute approximate surface area is 170 Å². The number of H-pyrrole nitrogens is 1. The lowest BCUT2D eigenvalue weighted by Gasteiger charge is -2.50. The maximum Gasteiger partial charge on any atom is 0.264 e. The predicted octanol–water partition coefficient (Wildman–Crippen LogP) is 3.63. The number of aromatic amines is 1. The van der Waals surface area contributed by atoms with Crippen LogP contribution in [0.5, 0.6) is 11.6 Å². The minimum atomic E-state index is -1.36. The highest BCUT2D eigenvalue weighted by Crippen LogP contribution is 2.50. The summed E-state index contributed by atoms with van der Waals surface area (Å²) in [5, 5.41) is 27.5. The predicted molar refractivity (Wildman–Crippen MR) is 108 cm³/mol. The van der Waals surface area contributed by atoms with E-state index < -0.39 is 17.3 Å². The Morgan fingerprint density at radius 2 is 2.07 bits per heavy atom. The van der Waals surface area contributed by atoms with Crippen LogP contribution in [0.15, 0.2) is 35.1 Å². The molecule has 1 aliphatic rings. The van der Waals surface area contributed by atoms with Crippen molar-refractivity contribution in [2.45, 2.75) is 70.2 Å². The van der Waals surface area contributed by atoms with E-state index in [4.69, 9.17) is 9.47 Å². The van der Waals surface area contributed by atoms with Crippen molar-refractivity contribution in [3.63, 3.8) is 0 Å². The van der Waals surface area contributed by atoms with Gasteiger partial charge >= 0.3 is 0 Å². The molecule has 2 unspecified atom stereocenters. The van der Waals surface area contributed by atoms with Crippen LogP contribution >= 0.6 is 0 Å². The summed E-state index contributed by atoms with van der Waals surface area (Å²) in [6.45, 7) is 5.81. The minimum Gasteiger partial charge on any atom is -0.484 e. The summed E-state index contributed by atoms with van der Waals surface area (Å²) in [6.07, 6.45) is 3.62. The molecule has 0 fully saturated rings.